The predicted octanol–water partition coefficient (Wildman–Crippen LogP) is 10.1. The second-order valence-electron chi connectivity index (χ2n) is 9.34. The summed E-state index contributed by atoms with van der Waals surface area (Å²) in [5, 5.41) is 5.61. The average molecular weight is 563 g/mol. The molecule has 0 aliphatic carbocycles. The largest absolute Gasteiger partial charge is 0.165 e. The fraction of sp³-hybridized carbons (Fsp3) is 0.357. The molecule has 0 heterocycles. The van der Waals surface area contributed by atoms with E-state index in [4.69, 9.17) is 17.0 Å². The summed E-state index contributed by atoms with van der Waals surface area (Å²) in [5.74, 6) is 1.23. The molecule has 0 fully saturated rings. The summed E-state index contributed by atoms with van der Waals surface area (Å²) >= 11 is -1.65. The van der Waals surface area contributed by atoms with Crippen LogP contribution in [0.25, 0.3) is 21.5 Å². The van der Waals surface area contributed by atoms with Gasteiger partial charge in [0, 0.05) is 0 Å². The van der Waals surface area contributed by atoms with Crippen LogP contribution in [0.4, 0.5) is 0 Å². The standard InChI is InChI=1S/2C13H15.C2H6Si.2ClH.Zr/c2*1-9(2)12-6-4-5-11-7-10(3)8-13(11)12;1-3-2;;;/h2*4-9H,1-3H3;1-2H3;2*1H;/q2*-1;;;;+2/p-2. The molecule has 0 nitrogen and oxygen atoms in total. The van der Waals surface area contributed by atoms with Gasteiger partial charge >= 0.3 is 53.5 Å². The molecule has 0 radical (unpaired) electrons. The Hall–Kier alpha value is -0.660. The molecule has 0 aliphatic rings. The second kappa shape index (κ2) is 12.7. The summed E-state index contributed by atoms with van der Waals surface area (Å²) in [7, 11) is 11.2. The third kappa shape index (κ3) is 7.69. The van der Waals surface area contributed by atoms with Crippen molar-refractivity contribution >= 4 is 44.0 Å². The van der Waals surface area contributed by atoms with Crippen LogP contribution in [0.1, 0.15) is 61.8 Å². The van der Waals surface area contributed by atoms with E-state index in [1.807, 2.05) is 0 Å². The minimum absolute atomic E-state index is 0.224. The molecule has 4 aromatic carbocycles. The Labute approximate surface area is 210 Å². The molecule has 32 heavy (non-hydrogen) atoms. The van der Waals surface area contributed by atoms with Gasteiger partial charge in [-0.1, -0.05) is 64.8 Å². The maximum atomic E-state index is 5.62. The second-order valence-corrected chi connectivity index (χ2v) is 32.3. The first kappa shape index (κ1) is 27.6. The fourth-order valence-electron chi connectivity index (χ4n) is 3.82. The topological polar surface area (TPSA) is 0 Å². The summed E-state index contributed by atoms with van der Waals surface area (Å²) in [4.78, 5) is 0. The maximum Gasteiger partial charge on any atom is -0.0308 e. The summed E-state index contributed by atoms with van der Waals surface area (Å²) in [6, 6.07) is 22.2. The van der Waals surface area contributed by atoms with Gasteiger partial charge in [0.05, 0.1) is 0 Å². The van der Waals surface area contributed by atoms with Crippen LogP contribution in [0.15, 0.2) is 60.7 Å². The predicted molar refractivity (Wildman–Crippen MR) is 146 cm³/mol. The maximum absolute atomic E-state index is 5.62. The van der Waals surface area contributed by atoms with Crippen LogP contribution >= 0.6 is 17.0 Å². The van der Waals surface area contributed by atoms with Gasteiger partial charge in [-0.15, -0.1) is 69.1 Å². The number of rotatable bonds is 2. The van der Waals surface area contributed by atoms with Crippen LogP contribution in [-0.2, 0) is 18.0 Å². The Morgan fingerprint density at radius 1 is 0.719 bits per heavy atom. The van der Waals surface area contributed by atoms with Crippen molar-refractivity contribution in [1.82, 2.24) is 0 Å². The average Bonchev–Trinajstić information content (AvgIpc) is 3.28. The molecule has 0 bridgehead atoms. The minimum atomic E-state index is -1.65. The Balaban J connectivity index is 0.000000183. The van der Waals surface area contributed by atoms with E-state index >= 15 is 0 Å². The number of benzene rings is 2. The molecule has 0 aromatic heterocycles. The van der Waals surface area contributed by atoms with Crippen LogP contribution in [0, 0.1) is 13.8 Å². The number of aryl methyl sites for hydroxylation is 2. The van der Waals surface area contributed by atoms with Crippen molar-refractivity contribution < 1.29 is 18.0 Å². The third-order valence-electron chi connectivity index (χ3n) is 5.48. The third-order valence-corrected chi connectivity index (χ3v) is 25.2. The van der Waals surface area contributed by atoms with Crippen molar-refractivity contribution in [3.8, 4) is 0 Å². The van der Waals surface area contributed by atoms with Crippen LogP contribution in [0.2, 0.25) is 13.1 Å². The van der Waals surface area contributed by atoms with E-state index in [0.29, 0.717) is 11.8 Å². The Bertz CT molecular complexity index is 1090. The van der Waals surface area contributed by atoms with E-state index in [9.17, 15) is 0 Å². The van der Waals surface area contributed by atoms with E-state index in [2.05, 4.69) is 115 Å². The zero-order valence-electron chi connectivity index (χ0n) is 20.7. The minimum Gasteiger partial charge on any atom is -0.165 e. The van der Waals surface area contributed by atoms with Crippen molar-refractivity contribution in [3.05, 3.63) is 82.9 Å². The summed E-state index contributed by atoms with van der Waals surface area (Å²) in [6.07, 6.45) is 0. The smallest absolute Gasteiger partial charge is 0.0308 e. The van der Waals surface area contributed by atoms with Gasteiger partial charge in [-0.25, -0.2) is 0 Å². The van der Waals surface area contributed by atoms with Crippen LogP contribution < -0.4 is 0 Å². The van der Waals surface area contributed by atoms with E-state index < -0.39 is 18.0 Å². The molecule has 0 N–H and O–H groups in total. The molecule has 4 aromatic rings. The van der Waals surface area contributed by atoms with Crippen molar-refractivity contribution in [1.29, 1.82) is 0 Å². The number of halogens is 2. The van der Waals surface area contributed by atoms with Crippen LogP contribution in [0.5, 0.6) is 0 Å². The Morgan fingerprint density at radius 3 is 1.34 bits per heavy atom. The molecular weight excluding hydrogens is 527 g/mol. The Kier molecular flexibility index (Phi) is 11.0. The van der Waals surface area contributed by atoms with Gasteiger partial charge in [0.15, 0.2) is 0 Å². The van der Waals surface area contributed by atoms with Gasteiger partial charge in [0.2, 0.25) is 0 Å². The molecule has 0 amide bonds. The van der Waals surface area contributed by atoms with Gasteiger partial charge in [-0.2, -0.15) is 12.1 Å². The molecule has 172 valence electrons. The molecule has 0 saturated heterocycles. The molecule has 4 rings (SSSR count). The molecule has 0 unspecified atom stereocenters. The van der Waals surface area contributed by atoms with Gasteiger partial charge in [-0.05, 0) is 11.8 Å². The van der Waals surface area contributed by atoms with E-state index in [1.54, 1.807) is 0 Å². The molecule has 0 atom stereocenters. The van der Waals surface area contributed by atoms with Crippen LogP contribution in [0.3, 0.4) is 0 Å². The number of fused-ring (bicyclic) bond motifs is 2. The zero-order valence-corrected chi connectivity index (χ0v) is 25.7. The molecule has 0 saturated carbocycles. The van der Waals surface area contributed by atoms with Crippen molar-refractivity contribution in [2.75, 3.05) is 0 Å². The van der Waals surface area contributed by atoms with Gasteiger partial charge in [0.25, 0.3) is 0 Å². The summed E-state index contributed by atoms with van der Waals surface area (Å²) in [5.41, 5.74) is 5.43. The van der Waals surface area contributed by atoms with Gasteiger partial charge < -0.3 is 0 Å². The zero-order chi connectivity index (χ0) is 24.0. The van der Waals surface area contributed by atoms with E-state index in [-0.39, 0.29) is 5.43 Å². The summed E-state index contributed by atoms with van der Waals surface area (Å²) < 4.78 is 0. The van der Waals surface area contributed by atoms with Gasteiger partial charge in [-0.3, -0.25) is 0 Å². The number of hydrogen-bond acceptors (Lipinski definition) is 0. The Morgan fingerprint density at radius 2 is 1.06 bits per heavy atom. The van der Waals surface area contributed by atoms with Crippen molar-refractivity contribution in [2.45, 2.75) is 66.5 Å². The van der Waals surface area contributed by atoms with Crippen molar-refractivity contribution in [2.24, 2.45) is 0 Å². The van der Waals surface area contributed by atoms with E-state index in [1.165, 1.54) is 43.8 Å². The van der Waals surface area contributed by atoms with Crippen molar-refractivity contribution in [3.63, 3.8) is 0 Å². The normalized spacial score (nSPS) is 10.8. The SMILES string of the molecule is C[Si](C)=[Zr]([Cl])[Cl].Cc1cc2c(C(C)C)cccc2[cH-]1.Cc1cc2c(C(C)C)cccc2[cH-]1. The number of hydrogen-bond donors (Lipinski definition) is 0. The fourth-order valence-corrected chi connectivity index (χ4v) is 3.82. The van der Waals surface area contributed by atoms with Crippen LogP contribution in [-0.4, -0.2) is 5.43 Å². The first-order valence-electron chi connectivity index (χ1n) is 11.3. The van der Waals surface area contributed by atoms with E-state index in [0.717, 1.165) is 0 Å². The molecule has 0 aliphatic heterocycles. The van der Waals surface area contributed by atoms with Gasteiger partial charge in [0.1, 0.15) is 0 Å². The molecule has 0 spiro atoms. The quantitative estimate of drug-likeness (QED) is 0.168. The summed E-state index contributed by atoms with van der Waals surface area (Å²) in [6.45, 7) is 17.6. The first-order valence-corrected chi connectivity index (χ1v) is 23.8. The molecular formula is C28H36Cl2SiZr-2. The molecule has 4 heteroatoms. The first-order chi connectivity index (χ1) is 15.0. The monoisotopic (exact) mass is 560 g/mol.